The predicted octanol–water partition coefficient (Wildman–Crippen LogP) is 2.77. The van der Waals surface area contributed by atoms with E-state index in [0.717, 1.165) is 5.56 Å². The van der Waals surface area contributed by atoms with E-state index in [4.69, 9.17) is 17.3 Å². The molecule has 0 saturated carbocycles. The summed E-state index contributed by atoms with van der Waals surface area (Å²) in [4.78, 5) is 0. The Morgan fingerprint density at radius 2 is 2.12 bits per heavy atom. The smallest absolute Gasteiger partial charge is 0.134 e. The highest BCUT2D eigenvalue weighted by Gasteiger charge is 2.17. The van der Waals surface area contributed by atoms with Crippen molar-refractivity contribution in [1.29, 1.82) is 0 Å². The lowest BCUT2D eigenvalue weighted by Crippen LogP contribution is -1.97. The minimum absolute atomic E-state index is 0.300. The largest absolute Gasteiger partial charge is 0.384 e. The second-order valence-electron chi connectivity index (χ2n) is 3.58. The Labute approximate surface area is 97.6 Å². The summed E-state index contributed by atoms with van der Waals surface area (Å²) in [7, 11) is 1.71. The third-order valence-electron chi connectivity index (χ3n) is 2.54. The second-order valence-corrected chi connectivity index (χ2v) is 3.99. The molecular weight excluding hydrogens is 229 g/mol. The van der Waals surface area contributed by atoms with Gasteiger partial charge in [-0.25, -0.2) is 4.39 Å². The van der Waals surface area contributed by atoms with Gasteiger partial charge in [-0.1, -0.05) is 17.7 Å². The quantitative estimate of drug-likeness (QED) is 0.832. The van der Waals surface area contributed by atoms with Gasteiger partial charge >= 0.3 is 0 Å². The molecule has 1 aromatic carbocycles. The summed E-state index contributed by atoms with van der Waals surface area (Å²) in [6.45, 7) is 1.79. The summed E-state index contributed by atoms with van der Waals surface area (Å²) in [5.41, 5.74) is 7.30. The lowest BCUT2D eigenvalue weighted by molar-refractivity contribution is 0.630. The molecule has 0 atom stereocenters. The first kappa shape index (κ1) is 11.0. The molecule has 0 radical (unpaired) electrons. The SMILES string of the molecule is Cc1c(-c2c(F)cccc2Cl)nn(C)c1N. The number of nitrogen functional groups attached to an aromatic ring is 1. The third kappa shape index (κ3) is 1.55. The van der Waals surface area contributed by atoms with Crippen LogP contribution in [-0.2, 0) is 7.05 Å². The van der Waals surface area contributed by atoms with Crippen molar-refractivity contribution in [3.8, 4) is 11.3 Å². The highest BCUT2D eigenvalue weighted by Crippen LogP contribution is 2.33. The molecule has 2 N–H and O–H groups in total. The van der Waals surface area contributed by atoms with Crippen molar-refractivity contribution in [1.82, 2.24) is 9.78 Å². The van der Waals surface area contributed by atoms with E-state index in [9.17, 15) is 4.39 Å². The van der Waals surface area contributed by atoms with Crippen molar-refractivity contribution in [3.05, 3.63) is 34.6 Å². The summed E-state index contributed by atoms with van der Waals surface area (Å²) < 4.78 is 15.2. The summed E-state index contributed by atoms with van der Waals surface area (Å²) in [5.74, 6) is 0.114. The lowest BCUT2D eigenvalue weighted by Gasteiger charge is -2.03. The minimum Gasteiger partial charge on any atom is -0.384 e. The van der Waals surface area contributed by atoms with Crippen LogP contribution in [0.2, 0.25) is 5.02 Å². The van der Waals surface area contributed by atoms with Crippen LogP contribution in [0.3, 0.4) is 0 Å². The molecule has 16 heavy (non-hydrogen) atoms. The number of aryl methyl sites for hydroxylation is 1. The number of nitrogens with zero attached hydrogens (tertiary/aromatic N) is 2. The molecule has 1 aromatic heterocycles. The monoisotopic (exact) mass is 239 g/mol. The normalized spacial score (nSPS) is 10.8. The summed E-state index contributed by atoms with van der Waals surface area (Å²) >= 11 is 5.97. The van der Waals surface area contributed by atoms with Crippen LogP contribution in [0.4, 0.5) is 10.2 Å². The van der Waals surface area contributed by atoms with Gasteiger partial charge in [-0.15, -0.1) is 0 Å². The molecule has 84 valence electrons. The van der Waals surface area contributed by atoms with Crippen molar-refractivity contribution in [2.45, 2.75) is 6.92 Å². The van der Waals surface area contributed by atoms with Crippen LogP contribution in [0, 0.1) is 12.7 Å². The predicted molar refractivity (Wildman–Crippen MR) is 62.8 cm³/mol. The standard InChI is InChI=1S/C11H11ClFN3/c1-6-10(15-16(2)11(6)14)9-7(12)4-3-5-8(9)13/h3-5H,14H2,1-2H3. The Balaban J connectivity index is 2.72. The summed E-state index contributed by atoms with van der Waals surface area (Å²) in [6, 6.07) is 4.54. The molecule has 0 aliphatic heterocycles. The van der Waals surface area contributed by atoms with Gasteiger partial charge in [0.1, 0.15) is 17.3 Å². The van der Waals surface area contributed by atoms with Gasteiger partial charge in [0, 0.05) is 12.6 Å². The Hall–Kier alpha value is -1.55. The minimum atomic E-state index is -0.395. The number of hydrogen-bond acceptors (Lipinski definition) is 2. The molecule has 1 heterocycles. The van der Waals surface area contributed by atoms with Gasteiger partial charge in [0.05, 0.1) is 10.6 Å². The van der Waals surface area contributed by atoms with E-state index in [1.165, 1.54) is 10.7 Å². The van der Waals surface area contributed by atoms with Crippen LogP contribution in [0.1, 0.15) is 5.56 Å². The lowest BCUT2D eigenvalue weighted by atomic mass is 10.1. The van der Waals surface area contributed by atoms with Crippen LogP contribution >= 0.6 is 11.6 Å². The van der Waals surface area contributed by atoms with Crippen LogP contribution < -0.4 is 5.73 Å². The molecule has 0 unspecified atom stereocenters. The van der Waals surface area contributed by atoms with Gasteiger partial charge in [0.2, 0.25) is 0 Å². The van der Waals surface area contributed by atoms with E-state index in [0.29, 0.717) is 22.1 Å². The van der Waals surface area contributed by atoms with E-state index >= 15 is 0 Å². The Morgan fingerprint density at radius 1 is 1.44 bits per heavy atom. The van der Waals surface area contributed by atoms with Gasteiger partial charge in [0.15, 0.2) is 0 Å². The topological polar surface area (TPSA) is 43.8 Å². The molecule has 0 amide bonds. The first-order valence-corrected chi connectivity index (χ1v) is 5.13. The zero-order chi connectivity index (χ0) is 11.9. The number of aromatic nitrogens is 2. The third-order valence-corrected chi connectivity index (χ3v) is 2.85. The Kier molecular flexibility index (Phi) is 2.59. The number of hydrogen-bond donors (Lipinski definition) is 1. The van der Waals surface area contributed by atoms with Gasteiger partial charge in [-0.2, -0.15) is 5.10 Å². The highest BCUT2D eigenvalue weighted by molar-refractivity contribution is 6.33. The second kappa shape index (κ2) is 3.79. The van der Waals surface area contributed by atoms with E-state index in [2.05, 4.69) is 5.10 Å². The summed E-state index contributed by atoms with van der Waals surface area (Å²) in [5, 5.41) is 4.50. The fourth-order valence-corrected chi connectivity index (χ4v) is 1.86. The average Bonchev–Trinajstić information content (AvgIpc) is 2.47. The first-order chi connectivity index (χ1) is 7.52. The molecule has 3 nitrogen and oxygen atoms in total. The maximum atomic E-state index is 13.7. The van der Waals surface area contributed by atoms with E-state index in [1.807, 2.05) is 0 Å². The number of anilines is 1. The molecule has 0 aliphatic carbocycles. The van der Waals surface area contributed by atoms with Crippen LogP contribution in [-0.4, -0.2) is 9.78 Å². The van der Waals surface area contributed by atoms with Crippen molar-refractivity contribution in [3.63, 3.8) is 0 Å². The number of nitrogens with two attached hydrogens (primary N) is 1. The van der Waals surface area contributed by atoms with Crippen molar-refractivity contribution >= 4 is 17.4 Å². The first-order valence-electron chi connectivity index (χ1n) is 4.76. The number of halogens is 2. The van der Waals surface area contributed by atoms with Crippen molar-refractivity contribution in [2.75, 3.05) is 5.73 Å². The van der Waals surface area contributed by atoms with Crippen molar-refractivity contribution in [2.24, 2.45) is 7.05 Å². The van der Waals surface area contributed by atoms with E-state index < -0.39 is 5.82 Å². The van der Waals surface area contributed by atoms with Gasteiger partial charge in [-0.05, 0) is 19.1 Å². The van der Waals surface area contributed by atoms with Crippen LogP contribution in [0.25, 0.3) is 11.3 Å². The number of benzene rings is 1. The molecule has 0 spiro atoms. The average molecular weight is 240 g/mol. The highest BCUT2D eigenvalue weighted by atomic mass is 35.5. The molecule has 2 aromatic rings. The van der Waals surface area contributed by atoms with Gasteiger partial charge in [-0.3, -0.25) is 4.68 Å². The molecular formula is C11H11ClFN3. The van der Waals surface area contributed by atoms with Crippen LogP contribution in [0.5, 0.6) is 0 Å². The zero-order valence-electron chi connectivity index (χ0n) is 8.96. The molecule has 0 aliphatic rings. The fraction of sp³-hybridized carbons (Fsp3) is 0.182. The molecule has 2 rings (SSSR count). The van der Waals surface area contributed by atoms with E-state index in [1.54, 1.807) is 26.1 Å². The van der Waals surface area contributed by atoms with Gasteiger partial charge < -0.3 is 5.73 Å². The maximum absolute atomic E-state index is 13.7. The zero-order valence-corrected chi connectivity index (χ0v) is 9.72. The Morgan fingerprint density at radius 3 is 2.62 bits per heavy atom. The van der Waals surface area contributed by atoms with E-state index in [-0.39, 0.29) is 0 Å². The van der Waals surface area contributed by atoms with Gasteiger partial charge in [0.25, 0.3) is 0 Å². The fourth-order valence-electron chi connectivity index (χ4n) is 1.60. The van der Waals surface area contributed by atoms with Crippen molar-refractivity contribution < 1.29 is 4.39 Å². The maximum Gasteiger partial charge on any atom is 0.134 e. The summed E-state index contributed by atoms with van der Waals surface area (Å²) in [6.07, 6.45) is 0. The molecule has 0 bridgehead atoms. The molecule has 0 saturated heterocycles. The molecule has 5 heteroatoms. The molecule has 0 fully saturated rings. The number of rotatable bonds is 1. The Bertz CT molecular complexity index is 528. The van der Waals surface area contributed by atoms with Crippen LogP contribution in [0.15, 0.2) is 18.2 Å².